The van der Waals surface area contributed by atoms with E-state index in [-0.39, 0.29) is 17.8 Å². The molecule has 4 aliphatic rings. The van der Waals surface area contributed by atoms with Gasteiger partial charge in [0.2, 0.25) is 0 Å². The number of carbonyl (C=O) groups is 1. The van der Waals surface area contributed by atoms with Crippen molar-refractivity contribution in [2.24, 2.45) is 10.9 Å². The van der Waals surface area contributed by atoms with Gasteiger partial charge in [-0.25, -0.2) is 13.6 Å². The number of piperidine rings is 1. The Morgan fingerprint density at radius 1 is 1.03 bits per heavy atom. The average Bonchev–Trinajstić information content (AvgIpc) is 3.48. The molecule has 1 atom stereocenters. The van der Waals surface area contributed by atoms with Crippen LogP contribution < -0.4 is 10.2 Å². The van der Waals surface area contributed by atoms with Crippen LogP contribution in [0.5, 0.6) is 0 Å². The highest BCUT2D eigenvalue weighted by Crippen LogP contribution is 2.39. The molecule has 0 aromatic heterocycles. The molecule has 1 unspecified atom stereocenters. The van der Waals surface area contributed by atoms with Gasteiger partial charge < -0.3 is 4.90 Å². The van der Waals surface area contributed by atoms with Crippen LogP contribution >= 0.6 is 0 Å². The minimum absolute atomic E-state index is 0.217. The Bertz CT molecular complexity index is 829. The molecule has 2 amide bonds. The molecule has 1 N–H and O–H groups in total. The third-order valence-corrected chi connectivity index (χ3v) is 7.05. The van der Waals surface area contributed by atoms with E-state index in [0.29, 0.717) is 12.4 Å². The van der Waals surface area contributed by atoms with Crippen molar-refractivity contribution >= 4 is 17.6 Å². The molecule has 2 saturated heterocycles. The van der Waals surface area contributed by atoms with E-state index in [1.807, 2.05) is 0 Å². The van der Waals surface area contributed by atoms with E-state index < -0.39 is 17.2 Å². The Hall–Kier alpha value is -2.02. The summed E-state index contributed by atoms with van der Waals surface area (Å²) in [5, 5.41) is 3.00. The van der Waals surface area contributed by atoms with Crippen LogP contribution in [0.25, 0.3) is 0 Å². The number of hydrogen-bond donors (Lipinski definition) is 1. The first-order valence-corrected chi connectivity index (χ1v) is 11.4. The van der Waals surface area contributed by atoms with Gasteiger partial charge in [0.25, 0.3) is 0 Å². The van der Waals surface area contributed by atoms with Gasteiger partial charge in [0, 0.05) is 19.2 Å². The molecular formula is C23H30F2N4O. The molecule has 1 aromatic rings. The van der Waals surface area contributed by atoms with E-state index in [0.717, 1.165) is 63.6 Å². The number of amidine groups is 1. The third-order valence-electron chi connectivity index (χ3n) is 7.05. The molecule has 1 aromatic carbocycles. The highest BCUT2D eigenvalue weighted by molar-refractivity contribution is 6.19. The Morgan fingerprint density at radius 2 is 1.77 bits per heavy atom. The van der Waals surface area contributed by atoms with Crippen molar-refractivity contribution in [3.05, 3.63) is 29.8 Å². The summed E-state index contributed by atoms with van der Waals surface area (Å²) in [6.45, 7) is 2.68. The lowest BCUT2D eigenvalue weighted by Crippen LogP contribution is -2.60. The molecule has 0 bridgehead atoms. The standard InChI is InChI=1S/C23H30F2N4O/c24-17-11-18(25)13-20(12-17)29-22(30)27-21(26-19-5-2-1-3-6-19)23(29)9-4-10-28(15-23)14-16-7-8-16/h11-13,16,19H,1-10,14-15H2,(H,26,27,30). The second-order valence-corrected chi connectivity index (χ2v) is 9.48. The number of aliphatic imine (C=N–C) groups is 1. The Labute approximate surface area is 176 Å². The second kappa shape index (κ2) is 7.91. The van der Waals surface area contributed by atoms with Gasteiger partial charge in [-0.3, -0.25) is 15.2 Å². The van der Waals surface area contributed by atoms with E-state index in [1.54, 1.807) is 4.90 Å². The molecule has 1 spiro atoms. The number of urea groups is 1. The van der Waals surface area contributed by atoms with Gasteiger partial charge in [-0.2, -0.15) is 0 Å². The minimum Gasteiger partial charge on any atom is -0.300 e. The highest BCUT2D eigenvalue weighted by Gasteiger charge is 2.54. The maximum Gasteiger partial charge on any atom is 0.328 e. The number of amides is 2. The van der Waals surface area contributed by atoms with Crippen LogP contribution in [0.15, 0.2) is 23.2 Å². The number of nitrogens with one attached hydrogen (secondary N) is 1. The van der Waals surface area contributed by atoms with E-state index in [4.69, 9.17) is 4.99 Å². The fourth-order valence-electron chi connectivity index (χ4n) is 5.47. The molecule has 7 heteroatoms. The van der Waals surface area contributed by atoms with Gasteiger partial charge in [0.05, 0.1) is 11.7 Å². The van der Waals surface area contributed by atoms with Crippen molar-refractivity contribution in [3.63, 3.8) is 0 Å². The van der Waals surface area contributed by atoms with E-state index in [1.165, 1.54) is 31.4 Å². The summed E-state index contributed by atoms with van der Waals surface area (Å²) in [5.74, 6) is 0.0982. The van der Waals surface area contributed by atoms with Gasteiger partial charge in [-0.1, -0.05) is 19.3 Å². The van der Waals surface area contributed by atoms with Crippen molar-refractivity contribution in [2.45, 2.75) is 69.4 Å². The Kier molecular flexibility index (Phi) is 5.25. The predicted octanol–water partition coefficient (Wildman–Crippen LogP) is 4.47. The molecule has 5 rings (SSSR count). The number of anilines is 1. The molecule has 0 radical (unpaired) electrons. The fraction of sp³-hybridized carbons (Fsp3) is 0.652. The summed E-state index contributed by atoms with van der Waals surface area (Å²) >= 11 is 0. The first-order chi connectivity index (χ1) is 14.5. The highest BCUT2D eigenvalue weighted by atomic mass is 19.1. The van der Waals surface area contributed by atoms with Gasteiger partial charge in [0.15, 0.2) is 0 Å². The van der Waals surface area contributed by atoms with Crippen molar-refractivity contribution in [2.75, 3.05) is 24.5 Å². The lowest BCUT2D eigenvalue weighted by Gasteiger charge is -2.45. The molecule has 5 nitrogen and oxygen atoms in total. The van der Waals surface area contributed by atoms with E-state index >= 15 is 0 Å². The molecule has 30 heavy (non-hydrogen) atoms. The summed E-state index contributed by atoms with van der Waals surface area (Å²) in [6, 6.07) is 3.25. The summed E-state index contributed by atoms with van der Waals surface area (Å²) < 4.78 is 28.1. The smallest absolute Gasteiger partial charge is 0.300 e. The van der Waals surface area contributed by atoms with Crippen molar-refractivity contribution in [3.8, 4) is 0 Å². The first kappa shape index (κ1) is 19.9. The molecule has 2 heterocycles. The van der Waals surface area contributed by atoms with Crippen LogP contribution in [0.1, 0.15) is 57.8 Å². The van der Waals surface area contributed by atoms with Crippen molar-refractivity contribution in [1.29, 1.82) is 0 Å². The van der Waals surface area contributed by atoms with Gasteiger partial charge in [0.1, 0.15) is 23.0 Å². The molecular weight excluding hydrogens is 386 g/mol. The molecule has 2 aliphatic carbocycles. The topological polar surface area (TPSA) is 47.9 Å². The lowest BCUT2D eigenvalue weighted by atomic mass is 9.85. The van der Waals surface area contributed by atoms with E-state index in [2.05, 4.69) is 10.2 Å². The van der Waals surface area contributed by atoms with Gasteiger partial charge >= 0.3 is 6.03 Å². The van der Waals surface area contributed by atoms with Gasteiger partial charge in [-0.15, -0.1) is 0 Å². The van der Waals surface area contributed by atoms with Crippen LogP contribution in [0, 0.1) is 17.6 Å². The summed E-state index contributed by atoms with van der Waals surface area (Å²) in [4.78, 5) is 22.2. The predicted molar refractivity (Wildman–Crippen MR) is 113 cm³/mol. The largest absolute Gasteiger partial charge is 0.328 e. The van der Waals surface area contributed by atoms with Crippen LogP contribution in [-0.2, 0) is 0 Å². The number of halogens is 2. The Morgan fingerprint density at radius 3 is 2.47 bits per heavy atom. The molecule has 4 fully saturated rings. The lowest BCUT2D eigenvalue weighted by molar-refractivity contribution is 0.176. The number of carbonyl (C=O) groups excluding carboxylic acids is 1. The van der Waals surface area contributed by atoms with Crippen LogP contribution in [0.2, 0.25) is 0 Å². The fourth-order valence-corrected chi connectivity index (χ4v) is 5.47. The number of rotatable bonds is 4. The van der Waals surface area contributed by atoms with E-state index in [9.17, 15) is 13.6 Å². The van der Waals surface area contributed by atoms with Crippen LogP contribution in [-0.4, -0.2) is 48.0 Å². The minimum atomic E-state index is -0.679. The van der Waals surface area contributed by atoms with Gasteiger partial charge in [-0.05, 0) is 63.1 Å². The quantitative estimate of drug-likeness (QED) is 0.787. The average molecular weight is 417 g/mol. The second-order valence-electron chi connectivity index (χ2n) is 9.48. The zero-order valence-electron chi connectivity index (χ0n) is 17.4. The monoisotopic (exact) mass is 416 g/mol. The van der Waals surface area contributed by atoms with Crippen LogP contribution in [0.4, 0.5) is 19.3 Å². The number of hydrogen-bond acceptors (Lipinski definition) is 3. The molecule has 162 valence electrons. The summed E-state index contributed by atoms with van der Waals surface area (Å²) in [5.41, 5.74) is -0.408. The Balaban J connectivity index is 1.54. The SMILES string of the molecule is O=C1NC(=NC2CCCCC2)C2(CCCN(CC3CC3)C2)N1c1cc(F)cc(F)c1. The normalized spacial score (nSPS) is 29.7. The number of benzene rings is 1. The first-order valence-electron chi connectivity index (χ1n) is 11.4. The maximum absolute atomic E-state index is 14.1. The number of nitrogens with zero attached hydrogens (tertiary/aromatic N) is 3. The van der Waals surface area contributed by atoms with Crippen molar-refractivity contribution < 1.29 is 13.6 Å². The zero-order chi connectivity index (χ0) is 20.7. The maximum atomic E-state index is 14.1. The van der Waals surface area contributed by atoms with Crippen molar-refractivity contribution in [1.82, 2.24) is 10.2 Å². The third kappa shape index (κ3) is 3.84. The van der Waals surface area contributed by atoms with Crippen LogP contribution in [0.3, 0.4) is 0 Å². The molecule has 2 saturated carbocycles. The summed E-state index contributed by atoms with van der Waals surface area (Å²) in [6.07, 6.45) is 9.85. The number of likely N-dealkylation sites (tertiary alicyclic amines) is 1. The zero-order valence-corrected chi connectivity index (χ0v) is 17.4. The molecule has 2 aliphatic heterocycles. The summed E-state index contributed by atoms with van der Waals surface area (Å²) in [7, 11) is 0.